The van der Waals surface area contributed by atoms with E-state index < -0.39 is 0 Å². The number of imidazole rings is 1. The molecule has 0 saturated heterocycles. The Labute approximate surface area is 173 Å². The van der Waals surface area contributed by atoms with E-state index >= 15 is 0 Å². The highest BCUT2D eigenvalue weighted by atomic mass is 16.5. The van der Waals surface area contributed by atoms with Crippen molar-refractivity contribution in [2.45, 2.75) is 57.4 Å². The van der Waals surface area contributed by atoms with Crippen LogP contribution < -0.4 is 14.8 Å². The SMILES string of the molecule is COc1cc(OC)cc(C(NC(=O)CCCC2CCCCC2)c2nccn2C)c1. The Hall–Kier alpha value is -2.50. The summed E-state index contributed by atoms with van der Waals surface area (Å²) >= 11 is 0. The van der Waals surface area contributed by atoms with E-state index in [-0.39, 0.29) is 11.9 Å². The van der Waals surface area contributed by atoms with E-state index in [1.165, 1.54) is 32.1 Å². The van der Waals surface area contributed by atoms with E-state index in [4.69, 9.17) is 9.47 Å². The summed E-state index contributed by atoms with van der Waals surface area (Å²) in [7, 11) is 5.18. The summed E-state index contributed by atoms with van der Waals surface area (Å²) in [6, 6.07) is 5.31. The molecule has 6 heteroatoms. The smallest absolute Gasteiger partial charge is 0.220 e. The number of ether oxygens (including phenoxy) is 2. The minimum absolute atomic E-state index is 0.0515. The predicted octanol–water partition coefficient (Wildman–Crippen LogP) is 4.39. The molecule has 6 nitrogen and oxygen atoms in total. The monoisotopic (exact) mass is 399 g/mol. The Kier molecular flexibility index (Phi) is 7.55. The summed E-state index contributed by atoms with van der Waals surface area (Å²) < 4.78 is 12.8. The number of aromatic nitrogens is 2. The first-order chi connectivity index (χ1) is 14.1. The van der Waals surface area contributed by atoms with Crippen molar-refractivity contribution in [2.24, 2.45) is 13.0 Å². The average molecular weight is 400 g/mol. The third kappa shape index (κ3) is 5.75. The highest BCUT2D eigenvalue weighted by molar-refractivity contribution is 5.76. The molecule has 3 rings (SSSR count). The van der Waals surface area contributed by atoms with Crippen molar-refractivity contribution in [2.75, 3.05) is 14.2 Å². The van der Waals surface area contributed by atoms with Crippen LogP contribution in [0.4, 0.5) is 0 Å². The number of hydrogen-bond donors (Lipinski definition) is 1. The van der Waals surface area contributed by atoms with Gasteiger partial charge in [0.2, 0.25) is 5.91 Å². The Morgan fingerprint density at radius 1 is 1.17 bits per heavy atom. The number of methoxy groups -OCH3 is 2. The number of benzene rings is 1. The Balaban J connectivity index is 1.71. The van der Waals surface area contributed by atoms with Crippen molar-refractivity contribution in [1.82, 2.24) is 14.9 Å². The van der Waals surface area contributed by atoms with Crippen molar-refractivity contribution < 1.29 is 14.3 Å². The van der Waals surface area contributed by atoms with Crippen LogP contribution in [0.1, 0.15) is 68.8 Å². The van der Waals surface area contributed by atoms with Crippen LogP contribution >= 0.6 is 0 Å². The number of amides is 1. The van der Waals surface area contributed by atoms with Crippen molar-refractivity contribution in [3.63, 3.8) is 0 Å². The maximum Gasteiger partial charge on any atom is 0.220 e. The molecule has 29 heavy (non-hydrogen) atoms. The number of carbonyl (C=O) groups excluding carboxylic acids is 1. The molecule has 1 aromatic heterocycles. The van der Waals surface area contributed by atoms with Gasteiger partial charge in [-0.15, -0.1) is 0 Å². The van der Waals surface area contributed by atoms with Gasteiger partial charge in [0, 0.05) is 31.9 Å². The van der Waals surface area contributed by atoms with E-state index in [1.54, 1.807) is 20.4 Å². The first-order valence-electron chi connectivity index (χ1n) is 10.6. The highest BCUT2D eigenvalue weighted by Crippen LogP contribution is 2.30. The first-order valence-corrected chi connectivity index (χ1v) is 10.6. The van der Waals surface area contributed by atoms with Crippen LogP contribution in [-0.2, 0) is 11.8 Å². The summed E-state index contributed by atoms with van der Waals surface area (Å²) in [6.45, 7) is 0. The molecule has 1 fully saturated rings. The molecular weight excluding hydrogens is 366 g/mol. The van der Waals surface area contributed by atoms with Crippen molar-refractivity contribution >= 4 is 5.91 Å². The van der Waals surface area contributed by atoms with Gasteiger partial charge in [-0.05, 0) is 36.5 Å². The lowest BCUT2D eigenvalue weighted by molar-refractivity contribution is -0.121. The van der Waals surface area contributed by atoms with E-state index in [9.17, 15) is 4.79 Å². The van der Waals surface area contributed by atoms with Gasteiger partial charge < -0.3 is 19.4 Å². The van der Waals surface area contributed by atoms with Gasteiger partial charge in [0.15, 0.2) is 0 Å². The summed E-state index contributed by atoms with van der Waals surface area (Å²) in [6.07, 6.45) is 12.9. The standard InChI is InChI=1S/C23H33N3O3/c1-26-13-12-24-23(26)22(18-14-19(28-2)16-20(15-18)29-3)25-21(27)11-7-10-17-8-5-4-6-9-17/h12-17,22H,4-11H2,1-3H3,(H,25,27). The molecule has 1 heterocycles. The maximum atomic E-state index is 12.8. The highest BCUT2D eigenvalue weighted by Gasteiger charge is 2.22. The number of nitrogens with one attached hydrogen (secondary N) is 1. The van der Waals surface area contributed by atoms with Crippen molar-refractivity contribution in [1.29, 1.82) is 0 Å². The predicted molar refractivity (Wildman–Crippen MR) is 113 cm³/mol. The lowest BCUT2D eigenvalue weighted by Crippen LogP contribution is -2.31. The zero-order valence-corrected chi connectivity index (χ0v) is 17.8. The fourth-order valence-electron chi connectivity index (χ4n) is 4.21. The molecule has 0 bridgehead atoms. The molecule has 1 aliphatic carbocycles. The summed E-state index contributed by atoms with van der Waals surface area (Å²) in [5.41, 5.74) is 0.885. The lowest BCUT2D eigenvalue weighted by atomic mass is 9.86. The van der Waals surface area contributed by atoms with Crippen LogP contribution in [0, 0.1) is 5.92 Å². The molecule has 0 spiro atoms. The average Bonchev–Trinajstić information content (AvgIpc) is 3.17. The Bertz CT molecular complexity index is 774. The zero-order valence-electron chi connectivity index (χ0n) is 17.8. The zero-order chi connectivity index (χ0) is 20.6. The molecular formula is C23H33N3O3. The normalized spacial score (nSPS) is 15.7. The second-order valence-corrected chi connectivity index (χ2v) is 7.94. The minimum atomic E-state index is -0.360. The van der Waals surface area contributed by atoms with Gasteiger partial charge >= 0.3 is 0 Å². The van der Waals surface area contributed by atoms with E-state index in [1.807, 2.05) is 36.0 Å². The van der Waals surface area contributed by atoms with Crippen LogP contribution in [0.25, 0.3) is 0 Å². The van der Waals surface area contributed by atoms with E-state index in [0.717, 1.165) is 30.1 Å². The van der Waals surface area contributed by atoms with Gasteiger partial charge in [-0.1, -0.05) is 32.1 Å². The summed E-state index contributed by atoms with van der Waals surface area (Å²) in [5.74, 6) is 3.00. The fraction of sp³-hybridized carbons (Fsp3) is 0.565. The minimum Gasteiger partial charge on any atom is -0.497 e. The molecule has 1 amide bonds. The maximum absolute atomic E-state index is 12.8. The Morgan fingerprint density at radius 3 is 2.45 bits per heavy atom. The van der Waals surface area contributed by atoms with Gasteiger partial charge in [0.05, 0.1) is 14.2 Å². The van der Waals surface area contributed by atoms with Gasteiger partial charge in [0.1, 0.15) is 23.4 Å². The van der Waals surface area contributed by atoms with Gasteiger partial charge in [-0.2, -0.15) is 0 Å². The molecule has 1 aromatic carbocycles. The van der Waals surface area contributed by atoms with Gasteiger partial charge in [-0.3, -0.25) is 4.79 Å². The van der Waals surface area contributed by atoms with E-state index in [0.29, 0.717) is 17.9 Å². The largest absolute Gasteiger partial charge is 0.497 e. The van der Waals surface area contributed by atoms with Crippen LogP contribution in [0.3, 0.4) is 0 Å². The number of nitrogens with zero attached hydrogens (tertiary/aromatic N) is 2. The van der Waals surface area contributed by atoms with Crippen LogP contribution in [0.15, 0.2) is 30.6 Å². The third-order valence-electron chi connectivity index (χ3n) is 5.87. The number of rotatable bonds is 9. The molecule has 1 unspecified atom stereocenters. The van der Waals surface area contributed by atoms with Crippen molar-refractivity contribution in [3.8, 4) is 11.5 Å². The number of aryl methyl sites for hydroxylation is 1. The molecule has 158 valence electrons. The topological polar surface area (TPSA) is 65.4 Å². The number of hydrogen-bond acceptors (Lipinski definition) is 4. The van der Waals surface area contributed by atoms with Crippen LogP contribution in [0.2, 0.25) is 0 Å². The first kappa shape index (κ1) is 21.2. The van der Waals surface area contributed by atoms with Gasteiger partial charge in [-0.25, -0.2) is 4.98 Å². The molecule has 1 N–H and O–H groups in total. The van der Waals surface area contributed by atoms with Crippen molar-refractivity contribution in [3.05, 3.63) is 42.0 Å². The lowest BCUT2D eigenvalue weighted by Gasteiger charge is -2.22. The molecule has 0 radical (unpaired) electrons. The second kappa shape index (κ2) is 10.3. The van der Waals surface area contributed by atoms with Crippen LogP contribution in [-0.4, -0.2) is 29.7 Å². The Morgan fingerprint density at radius 2 is 1.86 bits per heavy atom. The third-order valence-corrected chi connectivity index (χ3v) is 5.87. The van der Waals surface area contributed by atoms with Gasteiger partial charge in [0.25, 0.3) is 0 Å². The molecule has 1 aliphatic rings. The summed E-state index contributed by atoms with van der Waals surface area (Å²) in [4.78, 5) is 17.3. The second-order valence-electron chi connectivity index (χ2n) is 7.94. The van der Waals surface area contributed by atoms with E-state index in [2.05, 4.69) is 10.3 Å². The quantitative estimate of drug-likeness (QED) is 0.679. The molecule has 1 atom stereocenters. The van der Waals surface area contributed by atoms with Crippen LogP contribution in [0.5, 0.6) is 11.5 Å². The molecule has 0 aliphatic heterocycles. The summed E-state index contributed by atoms with van der Waals surface area (Å²) in [5, 5.41) is 3.18. The number of carbonyl (C=O) groups is 1. The molecule has 1 saturated carbocycles. The fourth-order valence-corrected chi connectivity index (χ4v) is 4.21. The molecule has 2 aromatic rings.